The van der Waals surface area contributed by atoms with Crippen molar-refractivity contribution >= 4 is 37.3 Å². The van der Waals surface area contributed by atoms with Crippen molar-refractivity contribution in [2.45, 2.75) is 10.6 Å². The van der Waals surface area contributed by atoms with Gasteiger partial charge >= 0.3 is 0 Å². The van der Waals surface area contributed by atoms with Crippen LogP contribution >= 0.6 is 27.3 Å². The van der Waals surface area contributed by atoms with Gasteiger partial charge in [0.25, 0.3) is 10.0 Å². The average molecular weight is 351 g/mol. The van der Waals surface area contributed by atoms with Gasteiger partial charge in [-0.2, -0.15) is 4.31 Å². The second kappa shape index (κ2) is 4.86. The number of nitrogens with one attached hydrogen (secondary N) is 1. The summed E-state index contributed by atoms with van der Waals surface area (Å²) >= 11 is 4.60. The Morgan fingerprint density at radius 1 is 1.39 bits per heavy atom. The highest BCUT2D eigenvalue weighted by Crippen LogP contribution is 2.34. The Bertz CT molecular complexity index is 543. The lowest BCUT2D eigenvalue weighted by atomic mass is 9.90. The van der Waals surface area contributed by atoms with E-state index in [0.29, 0.717) is 33.6 Å². The van der Waals surface area contributed by atoms with E-state index in [1.165, 1.54) is 11.3 Å². The van der Waals surface area contributed by atoms with E-state index in [0.717, 1.165) is 19.5 Å². The van der Waals surface area contributed by atoms with Crippen LogP contribution in [0.5, 0.6) is 0 Å². The van der Waals surface area contributed by atoms with Gasteiger partial charge in [0.05, 0.1) is 0 Å². The zero-order valence-electron chi connectivity index (χ0n) is 9.80. The van der Waals surface area contributed by atoms with Crippen LogP contribution < -0.4 is 5.32 Å². The maximum absolute atomic E-state index is 12.5. The smallest absolute Gasteiger partial charge is 0.253 e. The number of thiophene rings is 1. The molecule has 1 aromatic heterocycles. The van der Waals surface area contributed by atoms with Crippen molar-refractivity contribution < 1.29 is 8.42 Å². The molecule has 4 nitrogen and oxygen atoms in total. The number of sulfonamides is 1. The second-order valence-electron chi connectivity index (χ2n) is 4.89. The van der Waals surface area contributed by atoms with Crippen molar-refractivity contribution in [3.8, 4) is 0 Å². The van der Waals surface area contributed by atoms with E-state index in [1.807, 2.05) is 0 Å². The van der Waals surface area contributed by atoms with Crippen LogP contribution in [0.15, 0.2) is 20.1 Å². The van der Waals surface area contributed by atoms with E-state index in [4.69, 9.17) is 0 Å². The van der Waals surface area contributed by atoms with Crippen molar-refractivity contribution in [3.63, 3.8) is 0 Å². The third-order valence-corrected chi connectivity index (χ3v) is 8.34. The maximum atomic E-state index is 12.5. The zero-order valence-corrected chi connectivity index (χ0v) is 13.0. The molecular weight excluding hydrogens is 336 g/mol. The number of hydrogen-bond donors (Lipinski definition) is 1. The van der Waals surface area contributed by atoms with E-state index in [-0.39, 0.29) is 0 Å². The number of halogens is 1. The summed E-state index contributed by atoms with van der Waals surface area (Å²) in [6.07, 6.45) is 0.972. The average Bonchev–Trinajstić information content (AvgIpc) is 2.95. The molecule has 1 N–H and O–H groups in total. The van der Waals surface area contributed by atoms with Gasteiger partial charge in [-0.3, -0.25) is 0 Å². The summed E-state index contributed by atoms with van der Waals surface area (Å²) in [6, 6.07) is 1.79. The van der Waals surface area contributed by atoms with Crippen molar-refractivity contribution in [1.29, 1.82) is 0 Å². The molecule has 2 aliphatic rings. The first-order valence-corrected chi connectivity index (χ1v) is 9.14. The Kier molecular flexibility index (Phi) is 3.53. The third-order valence-electron chi connectivity index (χ3n) is 3.83. The standard InChI is InChI=1S/C11H15BrN2O2S2/c12-10-2-4-17-11(10)18(15,16)14-3-1-8-5-13-6-9(8)7-14/h2,4,8-9,13H,1,3,5-7H2. The molecule has 3 rings (SSSR count). The molecule has 0 aliphatic carbocycles. The van der Waals surface area contributed by atoms with Gasteiger partial charge in [-0.05, 0) is 58.7 Å². The summed E-state index contributed by atoms with van der Waals surface area (Å²) in [6.45, 7) is 3.30. The van der Waals surface area contributed by atoms with Crippen molar-refractivity contribution in [3.05, 3.63) is 15.9 Å². The zero-order chi connectivity index (χ0) is 12.8. The van der Waals surface area contributed by atoms with E-state index in [1.54, 1.807) is 15.8 Å². The number of rotatable bonds is 2. The van der Waals surface area contributed by atoms with Gasteiger partial charge in [0.2, 0.25) is 0 Å². The SMILES string of the molecule is O=S(=O)(c1sccc1Br)N1CCC2CNCC2C1. The van der Waals surface area contributed by atoms with Crippen molar-refractivity contribution in [2.24, 2.45) is 11.8 Å². The van der Waals surface area contributed by atoms with E-state index < -0.39 is 10.0 Å². The van der Waals surface area contributed by atoms with Gasteiger partial charge in [0, 0.05) is 17.6 Å². The lowest BCUT2D eigenvalue weighted by Crippen LogP contribution is -2.43. The molecule has 0 saturated carbocycles. The second-order valence-corrected chi connectivity index (χ2v) is 8.79. The summed E-state index contributed by atoms with van der Waals surface area (Å²) in [7, 11) is -3.31. The minimum Gasteiger partial charge on any atom is -0.316 e. The van der Waals surface area contributed by atoms with Gasteiger partial charge < -0.3 is 5.32 Å². The molecule has 0 radical (unpaired) electrons. The Morgan fingerprint density at radius 2 is 2.17 bits per heavy atom. The van der Waals surface area contributed by atoms with Crippen LogP contribution in [0.25, 0.3) is 0 Å². The summed E-state index contributed by atoms with van der Waals surface area (Å²) in [5.41, 5.74) is 0. The maximum Gasteiger partial charge on any atom is 0.253 e. The first-order valence-electron chi connectivity index (χ1n) is 6.03. The number of piperidine rings is 1. The molecule has 2 aliphatic heterocycles. The molecule has 0 aromatic carbocycles. The fraction of sp³-hybridized carbons (Fsp3) is 0.636. The molecule has 2 unspecified atom stereocenters. The fourth-order valence-corrected chi connectivity index (χ4v) is 6.76. The molecular formula is C11H15BrN2O2S2. The summed E-state index contributed by atoms with van der Waals surface area (Å²) in [5.74, 6) is 1.13. The molecule has 0 amide bonds. The van der Waals surface area contributed by atoms with E-state index in [2.05, 4.69) is 21.2 Å². The van der Waals surface area contributed by atoms with Crippen LogP contribution in [0, 0.1) is 11.8 Å². The lowest BCUT2D eigenvalue weighted by Gasteiger charge is -2.33. The molecule has 2 saturated heterocycles. The fourth-order valence-electron chi connectivity index (χ4n) is 2.80. The largest absolute Gasteiger partial charge is 0.316 e. The molecule has 100 valence electrons. The lowest BCUT2D eigenvalue weighted by molar-refractivity contribution is 0.228. The van der Waals surface area contributed by atoms with Crippen LogP contribution in [0.2, 0.25) is 0 Å². The van der Waals surface area contributed by atoms with Crippen LogP contribution in [-0.2, 0) is 10.0 Å². The van der Waals surface area contributed by atoms with Gasteiger partial charge in [-0.25, -0.2) is 8.42 Å². The number of fused-ring (bicyclic) bond motifs is 1. The highest BCUT2D eigenvalue weighted by molar-refractivity contribution is 9.10. The van der Waals surface area contributed by atoms with E-state index in [9.17, 15) is 8.42 Å². The van der Waals surface area contributed by atoms with Crippen LogP contribution in [0.3, 0.4) is 0 Å². The molecule has 2 atom stereocenters. The highest BCUT2D eigenvalue weighted by atomic mass is 79.9. The van der Waals surface area contributed by atoms with Crippen molar-refractivity contribution in [1.82, 2.24) is 9.62 Å². The van der Waals surface area contributed by atoms with Crippen molar-refractivity contribution in [2.75, 3.05) is 26.2 Å². The van der Waals surface area contributed by atoms with Gasteiger partial charge in [-0.15, -0.1) is 11.3 Å². The minimum absolute atomic E-state index is 0.437. The molecule has 3 heterocycles. The van der Waals surface area contributed by atoms with Crippen LogP contribution in [0.1, 0.15) is 6.42 Å². The van der Waals surface area contributed by atoms with Gasteiger partial charge in [0.1, 0.15) is 4.21 Å². The predicted molar refractivity (Wildman–Crippen MR) is 75.2 cm³/mol. The Morgan fingerprint density at radius 3 is 2.89 bits per heavy atom. The molecule has 18 heavy (non-hydrogen) atoms. The first-order chi connectivity index (χ1) is 8.59. The summed E-state index contributed by atoms with van der Waals surface area (Å²) < 4.78 is 27.9. The third kappa shape index (κ3) is 2.16. The Balaban J connectivity index is 1.85. The molecule has 2 fully saturated rings. The van der Waals surface area contributed by atoms with Crippen LogP contribution in [-0.4, -0.2) is 38.9 Å². The monoisotopic (exact) mass is 350 g/mol. The number of hydrogen-bond acceptors (Lipinski definition) is 4. The van der Waals surface area contributed by atoms with Gasteiger partial charge in [-0.1, -0.05) is 0 Å². The molecule has 0 spiro atoms. The van der Waals surface area contributed by atoms with Gasteiger partial charge in [0.15, 0.2) is 0 Å². The molecule has 1 aromatic rings. The van der Waals surface area contributed by atoms with E-state index >= 15 is 0 Å². The summed E-state index contributed by atoms with van der Waals surface area (Å²) in [5, 5.41) is 5.16. The first kappa shape index (κ1) is 13.1. The Hall–Kier alpha value is 0.0500. The highest BCUT2D eigenvalue weighted by Gasteiger charge is 2.38. The normalized spacial score (nSPS) is 29.4. The quantitative estimate of drug-likeness (QED) is 0.883. The minimum atomic E-state index is -3.31. The molecule has 0 bridgehead atoms. The Labute approximate surface area is 120 Å². The van der Waals surface area contributed by atoms with Crippen LogP contribution in [0.4, 0.5) is 0 Å². The topological polar surface area (TPSA) is 49.4 Å². The molecule has 7 heteroatoms. The summed E-state index contributed by atoms with van der Waals surface area (Å²) in [4.78, 5) is 0. The number of nitrogens with zero attached hydrogens (tertiary/aromatic N) is 1. The predicted octanol–water partition coefficient (Wildman–Crippen LogP) is 1.74.